The molecule has 2 aliphatic rings. The summed E-state index contributed by atoms with van der Waals surface area (Å²) in [5.41, 5.74) is 0.142. The molecule has 1 heterocycles. The number of carbonyl (C=O) groups excluding carboxylic acids is 3. The van der Waals surface area contributed by atoms with Crippen molar-refractivity contribution >= 4 is 17.5 Å². The first-order valence-corrected chi connectivity index (χ1v) is 9.16. The molecule has 28 heavy (non-hydrogen) atoms. The van der Waals surface area contributed by atoms with E-state index in [4.69, 9.17) is 4.74 Å². The van der Waals surface area contributed by atoms with Gasteiger partial charge in [0.15, 0.2) is 11.6 Å². The van der Waals surface area contributed by atoms with Crippen molar-refractivity contribution in [3.05, 3.63) is 102 Å². The molecular weight excluding hydrogens is 352 g/mol. The summed E-state index contributed by atoms with van der Waals surface area (Å²) in [7, 11) is 0. The molecule has 0 bridgehead atoms. The lowest BCUT2D eigenvalue weighted by Gasteiger charge is -2.22. The van der Waals surface area contributed by atoms with Gasteiger partial charge in [0, 0.05) is 22.6 Å². The highest BCUT2D eigenvalue weighted by Gasteiger charge is 2.80. The van der Waals surface area contributed by atoms with Crippen molar-refractivity contribution in [1.82, 2.24) is 0 Å². The molecule has 4 nitrogen and oxygen atoms in total. The van der Waals surface area contributed by atoms with Gasteiger partial charge in [0.05, 0.1) is 5.92 Å². The van der Waals surface area contributed by atoms with Gasteiger partial charge in [-0.25, -0.2) is 0 Å². The maximum Gasteiger partial charge on any atom is 0.326 e. The number of carbonyl (C=O) groups is 3. The average Bonchev–Trinajstić information content (AvgIpc) is 3.46. The van der Waals surface area contributed by atoms with E-state index in [2.05, 4.69) is 0 Å². The normalized spacial score (nSPS) is 24.5. The molecule has 0 amide bonds. The first kappa shape index (κ1) is 16.6. The quantitative estimate of drug-likeness (QED) is 0.301. The van der Waals surface area contributed by atoms with Crippen molar-refractivity contribution in [3.63, 3.8) is 0 Å². The third kappa shape index (κ3) is 2.15. The molecule has 0 unspecified atom stereocenters. The second-order valence-corrected chi connectivity index (χ2v) is 7.18. The third-order valence-corrected chi connectivity index (χ3v) is 5.75. The molecule has 1 aliphatic carbocycles. The molecule has 3 aromatic rings. The molecule has 0 saturated heterocycles. The lowest BCUT2D eigenvalue weighted by molar-refractivity contribution is -0.139. The molecule has 0 N–H and O–H groups in total. The van der Waals surface area contributed by atoms with Crippen LogP contribution in [0, 0.1) is 11.3 Å². The molecule has 3 atom stereocenters. The molecule has 4 heteroatoms. The van der Waals surface area contributed by atoms with E-state index in [1.807, 2.05) is 18.2 Å². The monoisotopic (exact) mass is 368 g/mol. The fourth-order valence-electron chi connectivity index (χ4n) is 4.43. The molecule has 1 saturated carbocycles. The maximum atomic E-state index is 13.5. The van der Waals surface area contributed by atoms with Gasteiger partial charge in [0.25, 0.3) is 0 Å². The number of hydrogen-bond donors (Lipinski definition) is 0. The van der Waals surface area contributed by atoms with E-state index in [-0.39, 0.29) is 11.6 Å². The SMILES string of the molecule is O=C(c1ccccc1)[C@@H]1[C@H]2c3ccccc3OC(=O)[C@@]12C(=O)c1ccccc1. The van der Waals surface area contributed by atoms with Crippen LogP contribution in [0.15, 0.2) is 84.9 Å². The molecule has 136 valence electrons. The van der Waals surface area contributed by atoms with Crippen LogP contribution in [0.25, 0.3) is 0 Å². The molecule has 3 aromatic carbocycles. The van der Waals surface area contributed by atoms with Crippen molar-refractivity contribution in [2.24, 2.45) is 11.3 Å². The Morgan fingerprint density at radius 3 is 2.00 bits per heavy atom. The summed E-state index contributed by atoms with van der Waals surface area (Å²) in [4.78, 5) is 39.9. The van der Waals surface area contributed by atoms with Gasteiger partial charge in [-0.3, -0.25) is 14.4 Å². The zero-order valence-electron chi connectivity index (χ0n) is 14.9. The van der Waals surface area contributed by atoms with E-state index >= 15 is 0 Å². The Kier molecular flexibility index (Phi) is 3.56. The fraction of sp³-hybridized carbons (Fsp3) is 0.125. The van der Waals surface area contributed by atoms with E-state index in [0.29, 0.717) is 16.9 Å². The number of fused-ring (bicyclic) bond motifs is 3. The standard InChI is InChI=1S/C24H16O4/c25-21(15-9-3-1-4-10-15)20-19-17-13-7-8-14-18(17)28-23(27)24(19,20)22(26)16-11-5-2-6-12-16/h1-14,19-20H/t19-,20+,24-/m1/s1. The number of ketones is 2. The summed E-state index contributed by atoms with van der Waals surface area (Å²) in [6.07, 6.45) is 0. The number of esters is 1. The second-order valence-electron chi connectivity index (χ2n) is 7.18. The van der Waals surface area contributed by atoms with E-state index in [9.17, 15) is 14.4 Å². The predicted molar refractivity (Wildman–Crippen MR) is 102 cm³/mol. The van der Waals surface area contributed by atoms with E-state index < -0.39 is 23.2 Å². The summed E-state index contributed by atoms with van der Waals surface area (Å²) in [5, 5.41) is 0. The van der Waals surface area contributed by atoms with Gasteiger partial charge in [0.2, 0.25) is 0 Å². The third-order valence-electron chi connectivity index (χ3n) is 5.75. The minimum Gasteiger partial charge on any atom is -0.425 e. The number of benzene rings is 3. The Balaban J connectivity index is 1.67. The number of para-hydroxylation sites is 1. The molecule has 1 fully saturated rings. The number of ether oxygens (including phenoxy) is 1. The summed E-state index contributed by atoms with van der Waals surface area (Å²) < 4.78 is 5.54. The molecular formula is C24H16O4. The van der Waals surface area contributed by atoms with Crippen LogP contribution in [0.1, 0.15) is 32.2 Å². The van der Waals surface area contributed by atoms with Gasteiger partial charge in [-0.1, -0.05) is 78.9 Å². The van der Waals surface area contributed by atoms with Crippen molar-refractivity contribution in [3.8, 4) is 5.75 Å². The number of hydrogen-bond acceptors (Lipinski definition) is 4. The van der Waals surface area contributed by atoms with Crippen molar-refractivity contribution in [1.29, 1.82) is 0 Å². The van der Waals surface area contributed by atoms with Gasteiger partial charge >= 0.3 is 5.97 Å². The fourth-order valence-corrected chi connectivity index (χ4v) is 4.43. The van der Waals surface area contributed by atoms with Crippen LogP contribution < -0.4 is 4.74 Å². The first-order valence-electron chi connectivity index (χ1n) is 9.16. The highest BCUT2D eigenvalue weighted by molar-refractivity contribution is 6.23. The Bertz CT molecular complexity index is 1100. The van der Waals surface area contributed by atoms with E-state index in [1.165, 1.54) is 0 Å². The lowest BCUT2D eigenvalue weighted by atomic mass is 9.87. The first-order chi connectivity index (χ1) is 13.7. The van der Waals surface area contributed by atoms with Crippen molar-refractivity contribution in [2.45, 2.75) is 5.92 Å². The average molecular weight is 368 g/mol. The second kappa shape index (κ2) is 5.99. The Labute approximate surface area is 161 Å². The number of rotatable bonds is 4. The minimum atomic E-state index is -1.50. The Morgan fingerprint density at radius 2 is 1.32 bits per heavy atom. The van der Waals surface area contributed by atoms with Crippen LogP contribution in [0.4, 0.5) is 0 Å². The Hall–Kier alpha value is -3.53. The van der Waals surface area contributed by atoms with Crippen molar-refractivity contribution in [2.75, 3.05) is 0 Å². The predicted octanol–water partition coefficient (Wildman–Crippen LogP) is 4.07. The van der Waals surface area contributed by atoms with Crippen LogP contribution in [0.2, 0.25) is 0 Å². The van der Waals surface area contributed by atoms with Gasteiger partial charge in [-0.2, -0.15) is 0 Å². The minimum absolute atomic E-state index is 0.205. The van der Waals surface area contributed by atoms with Crippen LogP contribution in [-0.4, -0.2) is 17.5 Å². The molecule has 0 spiro atoms. The maximum absolute atomic E-state index is 13.5. The largest absolute Gasteiger partial charge is 0.425 e. The summed E-state index contributed by atoms with van der Waals surface area (Å²) in [6, 6.07) is 24.6. The molecule has 1 aliphatic heterocycles. The van der Waals surface area contributed by atoms with Crippen LogP contribution in [0.3, 0.4) is 0 Å². The molecule has 0 aromatic heterocycles. The summed E-state index contributed by atoms with van der Waals surface area (Å²) >= 11 is 0. The zero-order valence-corrected chi connectivity index (χ0v) is 14.9. The van der Waals surface area contributed by atoms with Gasteiger partial charge < -0.3 is 4.74 Å². The highest BCUT2D eigenvalue weighted by atomic mass is 16.5. The lowest BCUT2D eigenvalue weighted by Crippen LogP contribution is -2.36. The van der Waals surface area contributed by atoms with Gasteiger partial charge in [-0.15, -0.1) is 0 Å². The van der Waals surface area contributed by atoms with Gasteiger partial charge in [-0.05, 0) is 6.07 Å². The van der Waals surface area contributed by atoms with E-state index in [0.717, 1.165) is 5.56 Å². The smallest absolute Gasteiger partial charge is 0.326 e. The topological polar surface area (TPSA) is 60.4 Å². The summed E-state index contributed by atoms with van der Waals surface area (Å²) in [5.74, 6) is -2.05. The molecule has 0 radical (unpaired) electrons. The zero-order chi connectivity index (χ0) is 19.3. The van der Waals surface area contributed by atoms with Crippen molar-refractivity contribution < 1.29 is 19.1 Å². The van der Waals surface area contributed by atoms with Crippen LogP contribution in [0.5, 0.6) is 5.75 Å². The molecule has 5 rings (SSSR count). The Morgan fingerprint density at radius 1 is 0.750 bits per heavy atom. The summed E-state index contributed by atoms with van der Waals surface area (Å²) in [6.45, 7) is 0. The number of Topliss-reactive ketones (excluding diaryl/α,β-unsaturated/α-hetero) is 2. The highest BCUT2D eigenvalue weighted by Crippen LogP contribution is 2.71. The van der Waals surface area contributed by atoms with Crippen LogP contribution >= 0.6 is 0 Å². The van der Waals surface area contributed by atoms with Crippen LogP contribution in [-0.2, 0) is 4.79 Å². The van der Waals surface area contributed by atoms with E-state index in [1.54, 1.807) is 66.7 Å². The van der Waals surface area contributed by atoms with Gasteiger partial charge in [0.1, 0.15) is 11.2 Å².